The van der Waals surface area contributed by atoms with Crippen LogP contribution in [0.2, 0.25) is 0 Å². The van der Waals surface area contributed by atoms with E-state index in [1.165, 1.54) is 4.31 Å². The molecule has 1 atom stereocenters. The van der Waals surface area contributed by atoms with Gasteiger partial charge >= 0.3 is 0 Å². The molecule has 1 aliphatic rings. The lowest BCUT2D eigenvalue weighted by Crippen LogP contribution is -2.43. The maximum atomic E-state index is 14.5. The summed E-state index contributed by atoms with van der Waals surface area (Å²) in [5, 5.41) is 0. The zero-order valence-corrected chi connectivity index (χ0v) is 12.6. The molecular formula is C14H20FNO3S. The topological polar surface area (TPSA) is 46.6 Å². The van der Waals surface area contributed by atoms with Crippen molar-refractivity contribution in [3.8, 4) is 0 Å². The molecule has 1 fully saturated rings. The second-order valence-electron chi connectivity index (χ2n) is 5.21. The van der Waals surface area contributed by atoms with Gasteiger partial charge in [-0.1, -0.05) is 24.6 Å². The zero-order chi connectivity index (χ0) is 14.8. The number of nitrogens with zero attached hydrogens (tertiary/aromatic N) is 1. The molecule has 1 aromatic carbocycles. The van der Waals surface area contributed by atoms with Gasteiger partial charge in [0.05, 0.1) is 24.7 Å². The van der Waals surface area contributed by atoms with Crippen LogP contribution in [0.1, 0.15) is 18.9 Å². The van der Waals surface area contributed by atoms with Crippen LogP contribution in [-0.4, -0.2) is 44.7 Å². The van der Waals surface area contributed by atoms with Crippen LogP contribution >= 0.6 is 0 Å². The molecule has 4 nitrogen and oxygen atoms in total. The maximum absolute atomic E-state index is 14.5. The number of aryl methyl sites for hydroxylation is 1. The van der Waals surface area contributed by atoms with Gasteiger partial charge < -0.3 is 4.74 Å². The average molecular weight is 301 g/mol. The SMILES string of the molecule is CCC1(F)COCCN(S(=O)(=O)c2ccc(C)cc2)C1. The Balaban J connectivity index is 2.30. The molecule has 0 aliphatic carbocycles. The van der Waals surface area contributed by atoms with Crippen LogP contribution in [-0.2, 0) is 14.8 Å². The molecule has 112 valence electrons. The van der Waals surface area contributed by atoms with E-state index in [2.05, 4.69) is 0 Å². The van der Waals surface area contributed by atoms with Crippen molar-refractivity contribution in [2.24, 2.45) is 0 Å². The first-order valence-corrected chi connectivity index (χ1v) is 8.15. The number of rotatable bonds is 3. The molecule has 1 aliphatic heterocycles. The normalized spacial score (nSPS) is 25.4. The minimum absolute atomic E-state index is 0.0522. The molecule has 1 aromatic rings. The lowest BCUT2D eigenvalue weighted by Gasteiger charge is -2.27. The molecule has 1 heterocycles. The predicted molar refractivity (Wildman–Crippen MR) is 74.9 cm³/mol. The van der Waals surface area contributed by atoms with Crippen molar-refractivity contribution >= 4 is 10.0 Å². The van der Waals surface area contributed by atoms with E-state index in [9.17, 15) is 12.8 Å². The monoisotopic (exact) mass is 301 g/mol. The van der Waals surface area contributed by atoms with E-state index >= 15 is 0 Å². The lowest BCUT2D eigenvalue weighted by molar-refractivity contribution is 0.0335. The van der Waals surface area contributed by atoms with Crippen molar-refractivity contribution in [3.63, 3.8) is 0 Å². The van der Waals surface area contributed by atoms with Gasteiger partial charge in [-0.05, 0) is 25.5 Å². The quantitative estimate of drug-likeness (QED) is 0.859. The Bertz CT molecular complexity index is 558. The molecule has 1 saturated heterocycles. The van der Waals surface area contributed by atoms with Gasteiger partial charge in [-0.15, -0.1) is 0 Å². The summed E-state index contributed by atoms with van der Waals surface area (Å²) in [5.74, 6) is 0. The number of benzene rings is 1. The molecule has 0 radical (unpaired) electrons. The standard InChI is InChI=1S/C14H20FNO3S/c1-3-14(15)10-16(8-9-19-11-14)20(17,18)13-6-4-12(2)5-7-13/h4-7H,3,8-11H2,1-2H3. The molecule has 0 N–H and O–H groups in total. The smallest absolute Gasteiger partial charge is 0.243 e. The number of sulfonamides is 1. The highest BCUT2D eigenvalue weighted by molar-refractivity contribution is 7.89. The van der Waals surface area contributed by atoms with Crippen LogP contribution in [0.25, 0.3) is 0 Å². The van der Waals surface area contributed by atoms with Gasteiger partial charge in [0, 0.05) is 6.54 Å². The highest BCUT2D eigenvalue weighted by atomic mass is 32.2. The third kappa shape index (κ3) is 3.19. The van der Waals surface area contributed by atoms with E-state index in [1.807, 2.05) is 6.92 Å². The average Bonchev–Trinajstić information content (AvgIpc) is 2.62. The fourth-order valence-corrected chi connectivity index (χ4v) is 3.63. The molecule has 0 spiro atoms. The molecule has 1 unspecified atom stereocenters. The summed E-state index contributed by atoms with van der Waals surface area (Å²) in [5.41, 5.74) is -0.634. The summed E-state index contributed by atoms with van der Waals surface area (Å²) in [4.78, 5) is 0.198. The molecule has 0 amide bonds. The largest absolute Gasteiger partial charge is 0.377 e. The van der Waals surface area contributed by atoms with Crippen molar-refractivity contribution in [2.75, 3.05) is 26.3 Å². The highest BCUT2D eigenvalue weighted by Crippen LogP contribution is 2.25. The van der Waals surface area contributed by atoms with Crippen LogP contribution in [0, 0.1) is 6.92 Å². The Kier molecular flexibility index (Phi) is 4.46. The predicted octanol–water partition coefficient (Wildman–Crippen LogP) is 2.13. The van der Waals surface area contributed by atoms with E-state index in [0.29, 0.717) is 0 Å². The first-order valence-electron chi connectivity index (χ1n) is 6.71. The number of hydrogen-bond acceptors (Lipinski definition) is 3. The molecule has 20 heavy (non-hydrogen) atoms. The Morgan fingerprint density at radius 3 is 2.60 bits per heavy atom. The van der Waals surface area contributed by atoms with Crippen LogP contribution < -0.4 is 0 Å². The van der Waals surface area contributed by atoms with Gasteiger partial charge in [-0.25, -0.2) is 12.8 Å². The Morgan fingerprint density at radius 1 is 1.35 bits per heavy atom. The van der Waals surface area contributed by atoms with Gasteiger partial charge in [0.15, 0.2) is 0 Å². The number of hydrogen-bond donors (Lipinski definition) is 0. The first kappa shape index (κ1) is 15.4. The summed E-state index contributed by atoms with van der Waals surface area (Å²) < 4.78 is 46.0. The second-order valence-corrected chi connectivity index (χ2v) is 7.15. The molecule has 0 aromatic heterocycles. The number of ether oxygens (including phenoxy) is 1. The molecule has 0 bridgehead atoms. The fraction of sp³-hybridized carbons (Fsp3) is 0.571. The van der Waals surface area contributed by atoms with E-state index in [4.69, 9.17) is 4.74 Å². The highest BCUT2D eigenvalue weighted by Gasteiger charge is 2.38. The summed E-state index contributed by atoms with van der Waals surface area (Å²) in [6.07, 6.45) is 0.229. The second kappa shape index (κ2) is 5.79. The summed E-state index contributed by atoms with van der Waals surface area (Å²) in [7, 11) is -3.67. The summed E-state index contributed by atoms with van der Waals surface area (Å²) >= 11 is 0. The van der Waals surface area contributed by atoms with Crippen LogP contribution in [0.15, 0.2) is 29.2 Å². The minimum atomic E-state index is -3.67. The first-order chi connectivity index (χ1) is 9.37. The Hall–Kier alpha value is -0.980. The van der Waals surface area contributed by atoms with Gasteiger partial charge in [0.1, 0.15) is 5.67 Å². The van der Waals surface area contributed by atoms with E-state index in [-0.39, 0.29) is 37.6 Å². The van der Waals surface area contributed by atoms with Crippen LogP contribution in [0.4, 0.5) is 4.39 Å². The maximum Gasteiger partial charge on any atom is 0.243 e. The Labute approximate surface area is 119 Å². The summed E-state index contributed by atoms with van der Waals surface area (Å²) in [6.45, 7) is 3.78. The van der Waals surface area contributed by atoms with Gasteiger partial charge in [0.25, 0.3) is 0 Å². The zero-order valence-electron chi connectivity index (χ0n) is 11.8. The fourth-order valence-electron chi connectivity index (χ4n) is 2.14. The molecule has 6 heteroatoms. The summed E-state index contributed by atoms with van der Waals surface area (Å²) in [6, 6.07) is 6.60. The van der Waals surface area contributed by atoms with Gasteiger partial charge in [-0.3, -0.25) is 0 Å². The molecule has 0 saturated carbocycles. The third-order valence-electron chi connectivity index (χ3n) is 3.60. The van der Waals surface area contributed by atoms with E-state index in [0.717, 1.165) is 5.56 Å². The number of halogens is 1. The third-order valence-corrected chi connectivity index (χ3v) is 5.46. The van der Waals surface area contributed by atoms with Crippen molar-refractivity contribution in [3.05, 3.63) is 29.8 Å². The van der Waals surface area contributed by atoms with Crippen LogP contribution in [0.3, 0.4) is 0 Å². The van der Waals surface area contributed by atoms with Crippen molar-refractivity contribution in [1.29, 1.82) is 0 Å². The van der Waals surface area contributed by atoms with E-state index < -0.39 is 15.7 Å². The lowest BCUT2D eigenvalue weighted by atomic mass is 10.1. The van der Waals surface area contributed by atoms with Gasteiger partial charge in [0.2, 0.25) is 10.0 Å². The van der Waals surface area contributed by atoms with Gasteiger partial charge in [-0.2, -0.15) is 4.31 Å². The Morgan fingerprint density at radius 2 is 2.00 bits per heavy atom. The molecular weight excluding hydrogens is 281 g/mol. The van der Waals surface area contributed by atoms with E-state index in [1.54, 1.807) is 31.2 Å². The van der Waals surface area contributed by atoms with Crippen molar-refractivity contribution < 1.29 is 17.5 Å². The van der Waals surface area contributed by atoms with Crippen LogP contribution in [0.5, 0.6) is 0 Å². The van der Waals surface area contributed by atoms with Crippen molar-refractivity contribution in [2.45, 2.75) is 30.8 Å². The molecule has 2 rings (SSSR count). The minimum Gasteiger partial charge on any atom is -0.377 e. The number of alkyl halides is 1. The van der Waals surface area contributed by atoms with Crippen molar-refractivity contribution in [1.82, 2.24) is 4.31 Å².